The van der Waals surface area contributed by atoms with Crippen LogP contribution in [0, 0.1) is 0 Å². The molecule has 100 valence electrons. The number of carbonyl (C=O) groups excluding carboxylic acids is 1. The lowest BCUT2D eigenvalue weighted by molar-refractivity contribution is 0.0524. The molecule has 0 spiro atoms. The number of hydrogen-bond acceptors (Lipinski definition) is 3. The maximum absolute atomic E-state index is 12.3. The van der Waals surface area contributed by atoms with Crippen LogP contribution in [0.15, 0.2) is 33.7 Å². The average Bonchev–Trinajstić information content (AvgIpc) is 2.40. The third-order valence-corrected chi connectivity index (χ3v) is 3.37. The molecule has 1 aromatic heterocycles. The summed E-state index contributed by atoms with van der Waals surface area (Å²) >= 11 is 3.34. The van der Waals surface area contributed by atoms with Gasteiger partial charge in [-0.25, -0.2) is 4.79 Å². The predicted molar refractivity (Wildman–Crippen MR) is 77.5 cm³/mol. The first-order chi connectivity index (χ1) is 9.08. The van der Waals surface area contributed by atoms with E-state index in [4.69, 9.17) is 4.74 Å². The first-order valence-corrected chi connectivity index (χ1v) is 6.87. The van der Waals surface area contributed by atoms with E-state index in [-0.39, 0.29) is 17.6 Å². The molecule has 0 aliphatic heterocycles. The van der Waals surface area contributed by atoms with Crippen LogP contribution in [0.25, 0.3) is 10.9 Å². The minimum absolute atomic E-state index is 0.0781. The average molecular weight is 324 g/mol. The minimum atomic E-state index is -0.573. The van der Waals surface area contributed by atoms with E-state index in [1.807, 2.05) is 23.6 Å². The second-order valence-electron chi connectivity index (χ2n) is 4.04. The number of esters is 1. The Morgan fingerprint density at radius 1 is 1.37 bits per heavy atom. The maximum Gasteiger partial charge on any atom is 0.343 e. The monoisotopic (exact) mass is 323 g/mol. The molecule has 0 unspecified atom stereocenters. The molecule has 0 amide bonds. The highest BCUT2D eigenvalue weighted by Crippen LogP contribution is 2.18. The van der Waals surface area contributed by atoms with Crippen LogP contribution in [0.1, 0.15) is 24.2 Å². The Morgan fingerprint density at radius 3 is 2.74 bits per heavy atom. The van der Waals surface area contributed by atoms with Gasteiger partial charge in [-0.1, -0.05) is 15.9 Å². The van der Waals surface area contributed by atoms with E-state index in [1.165, 1.54) is 0 Å². The number of benzene rings is 1. The molecular formula is C14H14BrNO3. The molecule has 2 rings (SSSR count). The number of fused-ring (bicyclic) bond motifs is 1. The van der Waals surface area contributed by atoms with E-state index in [0.717, 1.165) is 9.99 Å². The van der Waals surface area contributed by atoms with Crippen LogP contribution < -0.4 is 5.43 Å². The third-order valence-electron chi connectivity index (χ3n) is 2.88. The van der Waals surface area contributed by atoms with Crippen LogP contribution in [0.3, 0.4) is 0 Å². The van der Waals surface area contributed by atoms with Crippen LogP contribution in [0.5, 0.6) is 0 Å². The molecule has 0 saturated heterocycles. The number of nitrogens with zero attached hydrogens (tertiary/aromatic N) is 1. The summed E-state index contributed by atoms with van der Waals surface area (Å²) in [5.41, 5.74) is 0.595. The van der Waals surface area contributed by atoms with Crippen LogP contribution in [0.4, 0.5) is 0 Å². The fourth-order valence-corrected chi connectivity index (χ4v) is 2.35. The number of hydrogen-bond donors (Lipinski definition) is 0. The summed E-state index contributed by atoms with van der Waals surface area (Å²) in [5.74, 6) is -0.573. The summed E-state index contributed by atoms with van der Waals surface area (Å²) in [6, 6.07) is 5.46. The van der Waals surface area contributed by atoms with Crippen LogP contribution in [-0.2, 0) is 11.3 Å². The molecule has 1 heterocycles. The molecule has 1 aromatic carbocycles. The van der Waals surface area contributed by atoms with Crippen molar-refractivity contribution in [2.45, 2.75) is 20.4 Å². The SMILES string of the molecule is CCOC(=O)c1cn(CC)c2ccc(Br)cc2c1=O. The zero-order chi connectivity index (χ0) is 14.0. The number of halogens is 1. The first kappa shape index (κ1) is 13.8. The summed E-state index contributed by atoms with van der Waals surface area (Å²) in [5, 5.41) is 0.516. The van der Waals surface area contributed by atoms with Gasteiger partial charge in [-0.3, -0.25) is 4.79 Å². The van der Waals surface area contributed by atoms with Gasteiger partial charge in [0.05, 0.1) is 12.1 Å². The number of ether oxygens (including phenoxy) is 1. The van der Waals surface area contributed by atoms with Crippen LogP contribution in [0.2, 0.25) is 0 Å². The van der Waals surface area contributed by atoms with Gasteiger partial charge in [0, 0.05) is 22.6 Å². The zero-order valence-corrected chi connectivity index (χ0v) is 12.4. The molecular weight excluding hydrogens is 310 g/mol. The molecule has 0 fully saturated rings. The van der Waals surface area contributed by atoms with E-state index >= 15 is 0 Å². The van der Waals surface area contributed by atoms with Crippen molar-refractivity contribution in [1.82, 2.24) is 4.57 Å². The highest BCUT2D eigenvalue weighted by Gasteiger charge is 2.16. The Hall–Kier alpha value is -1.62. The number of aromatic nitrogens is 1. The van der Waals surface area contributed by atoms with Crippen molar-refractivity contribution in [1.29, 1.82) is 0 Å². The molecule has 0 bridgehead atoms. The van der Waals surface area contributed by atoms with E-state index in [9.17, 15) is 9.59 Å². The lowest BCUT2D eigenvalue weighted by Crippen LogP contribution is -2.20. The smallest absolute Gasteiger partial charge is 0.343 e. The number of aryl methyl sites for hydroxylation is 1. The molecule has 2 aromatic rings. The Morgan fingerprint density at radius 2 is 2.11 bits per heavy atom. The topological polar surface area (TPSA) is 48.3 Å². The van der Waals surface area contributed by atoms with Gasteiger partial charge in [0.1, 0.15) is 5.56 Å². The molecule has 4 nitrogen and oxygen atoms in total. The van der Waals surface area contributed by atoms with Gasteiger partial charge in [-0.15, -0.1) is 0 Å². The Kier molecular flexibility index (Phi) is 4.04. The van der Waals surface area contributed by atoms with E-state index < -0.39 is 5.97 Å². The molecule has 0 radical (unpaired) electrons. The fourth-order valence-electron chi connectivity index (χ4n) is 1.99. The van der Waals surface area contributed by atoms with Gasteiger partial charge in [0.2, 0.25) is 5.43 Å². The number of pyridine rings is 1. The summed E-state index contributed by atoms with van der Waals surface area (Å²) in [7, 11) is 0. The van der Waals surface area contributed by atoms with E-state index in [1.54, 1.807) is 19.2 Å². The normalized spacial score (nSPS) is 10.7. The van der Waals surface area contributed by atoms with Crippen molar-refractivity contribution in [3.05, 3.63) is 44.7 Å². The molecule has 0 saturated carbocycles. The van der Waals surface area contributed by atoms with Crippen LogP contribution in [-0.4, -0.2) is 17.1 Å². The number of carbonyl (C=O) groups is 1. The summed E-state index contributed by atoms with van der Waals surface area (Å²) < 4.78 is 7.60. The van der Waals surface area contributed by atoms with Crippen molar-refractivity contribution in [2.75, 3.05) is 6.61 Å². The zero-order valence-electron chi connectivity index (χ0n) is 10.8. The lowest BCUT2D eigenvalue weighted by atomic mass is 10.1. The standard InChI is InChI=1S/C14H14BrNO3/c1-3-16-8-11(14(18)19-4-2)13(17)10-7-9(15)5-6-12(10)16/h5-8H,3-4H2,1-2H3. The van der Waals surface area contributed by atoms with Gasteiger partial charge in [0.15, 0.2) is 0 Å². The first-order valence-electron chi connectivity index (χ1n) is 6.08. The molecule has 0 atom stereocenters. The Labute approximate surface area is 119 Å². The largest absolute Gasteiger partial charge is 0.462 e. The van der Waals surface area contributed by atoms with Gasteiger partial charge < -0.3 is 9.30 Å². The lowest BCUT2D eigenvalue weighted by Gasteiger charge is -2.11. The molecule has 19 heavy (non-hydrogen) atoms. The van der Waals surface area contributed by atoms with Crippen LogP contribution >= 0.6 is 15.9 Å². The predicted octanol–water partition coefficient (Wildman–Crippen LogP) is 2.96. The Bertz CT molecular complexity index is 691. The van der Waals surface area contributed by atoms with Gasteiger partial charge in [-0.2, -0.15) is 0 Å². The van der Waals surface area contributed by atoms with Crippen molar-refractivity contribution >= 4 is 32.8 Å². The van der Waals surface area contributed by atoms with Crippen molar-refractivity contribution < 1.29 is 9.53 Å². The summed E-state index contributed by atoms with van der Waals surface area (Å²) in [4.78, 5) is 24.1. The number of rotatable bonds is 3. The molecule has 0 aliphatic rings. The molecule has 0 aliphatic carbocycles. The van der Waals surface area contributed by atoms with Gasteiger partial charge in [-0.05, 0) is 32.0 Å². The minimum Gasteiger partial charge on any atom is -0.462 e. The second-order valence-corrected chi connectivity index (χ2v) is 4.96. The van der Waals surface area contributed by atoms with Gasteiger partial charge >= 0.3 is 5.97 Å². The quantitative estimate of drug-likeness (QED) is 0.816. The van der Waals surface area contributed by atoms with Crippen molar-refractivity contribution in [3.8, 4) is 0 Å². The molecule has 5 heteroatoms. The Balaban J connectivity index is 2.77. The van der Waals surface area contributed by atoms with Gasteiger partial charge in [0.25, 0.3) is 0 Å². The summed E-state index contributed by atoms with van der Waals surface area (Å²) in [6.45, 7) is 4.60. The maximum atomic E-state index is 12.3. The summed E-state index contributed by atoms with van der Waals surface area (Å²) in [6.07, 6.45) is 1.57. The van der Waals surface area contributed by atoms with E-state index in [0.29, 0.717) is 11.9 Å². The van der Waals surface area contributed by atoms with E-state index in [2.05, 4.69) is 15.9 Å². The van der Waals surface area contributed by atoms with Crippen molar-refractivity contribution in [3.63, 3.8) is 0 Å². The highest BCUT2D eigenvalue weighted by molar-refractivity contribution is 9.10. The van der Waals surface area contributed by atoms with Crippen molar-refractivity contribution in [2.24, 2.45) is 0 Å². The third kappa shape index (κ3) is 2.56. The fraction of sp³-hybridized carbons (Fsp3) is 0.286. The highest BCUT2D eigenvalue weighted by atomic mass is 79.9. The second kappa shape index (κ2) is 5.57. The molecule has 0 N–H and O–H groups in total.